The molecule has 0 radical (unpaired) electrons. The van der Waals surface area contributed by atoms with Crippen molar-refractivity contribution in [1.82, 2.24) is 14.9 Å². The van der Waals surface area contributed by atoms with Gasteiger partial charge in [-0.05, 0) is 48.4 Å². The Morgan fingerprint density at radius 2 is 1.83 bits per heavy atom. The van der Waals surface area contributed by atoms with Gasteiger partial charge in [0.2, 0.25) is 0 Å². The van der Waals surface area contributed by atoms with Gasteiger partial charge in [0.15, 0.2) is 0 Å². The lowest BCUT2D eigenvalue weighted by molar-refractivity contribution is 0.139. The van der Waals surface area contributed by atoms with Gasteiger partial charge in [0.25, 0.3) is 0 Å². The van der Waals surface area contributed by atoms with Crippen molar-refractivity contribution in [3.63, 3.8) is 0 Å². The zero-order valence-corrected chi connectivity index (χ0v) is 16.7. The van der Waals surface area contributed by atoms with Gasteiger partial charge in [-0.1, -0.05) is 19.1 Å². The van der Waals surface area contributed by atoms with Crippen molar-refractivity contribution in [2.45, 2.75) is 32.5 Å². The third-order valence-corrected chi connectivity index (χ3v) is 4.95. The van der Waals surface area contributed by atoms with Crippen molar-refractivity contribution in [1.29, 1.82) is 0 Å². The highest BCUT2D eigenvalue weighted by Crippen LogP contribution is 2.30. The number of rotatable bonds is 6. The number of nitrogens with zero attached hydrogens (tertiary/aromatic N) is 3. The Morgan fingerprint density at radius 3 is 2.55 bits per heavy atom. The van der Waals surface area contributed by atoms with Crippen molar-refractivity contribution < 1.29 is 14.2 Å². The fourth-order valence-corrected chi connectivity index (χ4v) is 3.43. The monoisotopic (exact) mass is 391 g/mol. The summed E-state index contributed by atoms with van der Waals surface area (Å²) in [7, 11) is 1.69. The van der Waals surface area contributed by atoms with Gasteiger partial charge < -0.3 is 14.2 Å². The summed E-state index contributed by atoms with van der Waals surface area (Å²) in [6.45, 7) is 4.69. The van der Waals surface area contributed by atoms with Crippen LogP contribution in [0.3, 0.4) is 0 Å². The molecule has 0 saturated heterocycles. The van der Waals surface area contributed by atoms with E-state index in [4.69, 9.17) is 14.2 Å². The van der Waals surface area contributed by atoms with Gasteiger partial charge in [-0.3, -0.25) is 4.90 Å². The lowest BCUT2D eigenvalue weighted by Gasteiger charge is -2.23. The first-order valence-electron chi connectivity index (χ1n) is 9.83. The summed E-state index contributed by atoms with van der Waals surface area (Å²) in [5.74, 6) is 2.53. The van der Waals surface area contributed by atoms with E-state index in [2.05, 4.69) is 40.0 Å². The second-order valence-corrected chi connectivity index (χ2v) is 7.07. The number of ether oxygens (including phenoxy) is 3. The maximum absolute atomic E-state index is 6.23. The first-order chi connectivity index (χ1) is 14.2. The molecule has 0 fully saturated rings. The molecule has 2 aromatic carbocycles. The molecular weight excluding hydrogens is 366 g/mol. The zero-order chi connectivity index (χ0) is 20.1. The minimum absolute atomic E-state index is 0.169. The van der Waals surface area contributed by atoms with E-state index >= 15 is 0 Å². The standard InChI is InChI=1S/C23H25N3O3/c1-3-19-16-26(15-18-13-21(27-2)9-10-22(18)28-19)14-17-5-7-20(8-6-17)29-23-24-11-4-12-25-23/h4-13,19H,3,14-16H2,1-2H3/t19-/m0/s1. The minimum Gasteiger partial charge on any atom is -0.497 e. The molecule has 0 aliphatic carbocycles. The van der Waals surface area contributed by atoms with E-state index < -0.39 is 0 Å². The Morgan fingerprint density at radius 1 is 1.07 bits per heavy atom. The molecule has 150 valence electrons. The van der Waals surface area contributed by atoms with Gasteiger partial charge in [-0.25, -0.2) is 9.97 Å². The molecule has 6 heteroatoms. The molecule has 0 N–H and O–H groups in total. The molecule has 0 spiro atoms. The summed E-state index contributed by atoms with van der Waals surface area (Å²) >= 11 is 0. The van der Waals surface area contributed by atoms with Crippen molar-refractivity contribution in [2.75, 3.05) is 13.7 Å². The van der Waals surface area contributed by atoms with Crippen molar-refractivity contribution in [3.05, 3.63) is 72.1 Å². The summed E-state index contributed by atoms with van der Waals surface area (Å²) in [5.41, 5.74) is 2.37. The Balaban J connectivity index is 1.47. The summed E-state index contributed by atoms with van der Waals surface area (Å²) in [6, 6.07) is 16.2. The van der Waals surface area contributed by atoms with E-state index in [0.717, 1.165) is 48.9 Å². The molecule has 0 bridgehead atoms. The molecule has 1 atom stereocenters. The van der Waals surface area contributed by atoms with Crippen LogP contribution in [0.5, 0.6) is 23.3 Å². The number of methoxy groups -OCH3 is 1. The van der Waals surface area contributed by atoms with Crippen LogP contribution in [0.4, 0.5) is 0 Å². The van der Waals surface area contributed by atoms with E-state index in [1.807, 2.05) is 24.3 Å². The third kappa shape index (κ3) is 4.84. The van der Waals surface area contributed by atoms with E-state index in [-0.39, 0.29) is 6.10 Å². The second-order valence-electron chi connectivity index (χ2n) is 7.07. The predicted molar refractivity (Wildman–Crippen MR) is 110 cm³/mol. The number of hydrogen-bond donors (Lipinski definition) is 0. The van der Waals surface area contributed by atoms with Crippen LogP contribution in [0.2, 0.25) is 0 Å². The molecule has 0 amide bonds. The summed E-state index contributed by atoms with van der Waals surface area (Å²) in [4.78, 5) is 10.6. The second kappa shape index (κ2) is 8.92. The van der Waals surface area contributed by atoms with E-state index in [1.54, 1.807) is 25.6 Å². The maximum Gasteiger partial charge on any atom is 0.321 e. The highest BCUT2D eigenvalue weighted by molar-refractivity contribution is 5.41. The number of aromatic nitrogens is 2. The first kappa shape index (κ1) is 19.2. The quantitative estimate of drug-likeness (QED) is 0.619. The molecule has 2 heterocycles. The smallest absolute Gasteiger partial charge is 0.321 e. The topological polar surface area (TPSA) is 56.7 Å². The SMILES string of the molecule is CC[C@H]1CN(Cc2ccc(Oc3ncccn3)cc2)Cc2cc(OC)ccc2O1. The number of fused-ring (bicyclic) bond motifs is 1. The Bertz CT molecular complexity index is 932. The number of hydrogen-bond acceptors (Lipinski definition) is 6. The van der Waals surface area contributed by atoms with Gasteiger partial charge in [-0.2, -0.15) is 0 Å². The maximum atomic E-state index is 6.23. The van der Waals surface area contributed by atoms with E-state index in [1.165, 1.54) is 5.56 Å². The minimum atomic E-state index is 0.169. The van der Waals surface area contributed by atoms with Crippen molar-refractivity contribution in [3.8, 4) is 23.3 Å². The molecule has 0 saturated carbocycles. The Hall–Kier alpha value is -3.12. The Kier molecular flexibility index (Phi) is 5.91. The molecule has 1 aliphatic heterocycles. The first-order valence-corrected chi connectivity index (χ1v) is 9.83. The van der Waals surface area contributed by atoms with Crippen molar-refractivity contribution in [2.24, 2.45) is 0 Å². The Labute approximate surface area is 171 Å². The molecule has 1 aliphatic rings. The van der Waals surface area contributed by atoms with Gasteiger partial charge in [-0.15, -0.1) is 0 Å². The van der Waals surface area contributed by atoms with Crippen molar-refractivity contribution >= 4 is 0 Å². The molecule has 0 unspecified atom stereocenters. The van der Waals surface area contributed by atoms with Crippen LogP contribution in [-0.2, 0) is 13.1 Å². The van der Waals surface area contributed by atoms with Gasteiger partial charge in [0.05, 0.1) is 7.11 Å². The zero-order valence-electron chi connectivity index (χ0n) is 16.7. The average molecular weight is 391 g/mol. The predicted octanol–water partition coefficient (Wildman–Crippen LogP) is 4.45. The van der Waals surface area contributed by atoms with Gasteiger partial charge in [0, 0.05) is 37.6 Å². The van der Waals surface area contributed by atoms with Crippen LogP contribution < -0.4 is 14.2 Å². The van der Waals surface area contributed by atoms with Crippen LogP contribution >= 0.6 is 0 Å². The summed E-state index contributed by atoms with van der Waals surface area (Å²) in [6.07, 6.45) is 4.46. The average Bonchev–Trinajstić information content (AvgIpc) is 2.93. The fraction of sp³-hybridized carbons (Fsp3) is 0.304. The van der Waals surface area contributed by atoms with Gasteiger partial charge in [0.1, 0.15) is 23.4 Å². The molecule has 1 aromatic heterocycles. The lowest BCUT2D eigenvalue weighted by Crippen LogP contribution is -2.32. The molecule has 6 nitrogen and oxygen atoms in total. The van der Waals surface area contributed by atoms with Crippen LogP contribution in [0.1, 0.15) is 24.5 Å². The summed E-state index contributed by atoms with van der Waals surface area (Å²) in [5, 5.41) is 0. The molecule has 29 heavy (non-hydrogen) atoms. The van der Waals surface area contributed by atoms with E-state index in [9.17, 15) is 0 Å². The molecule has 3 aromatic rings. The van der Waals surface area contributed by atoms with E-state index in [0.29, 0.717) is 6.01 Å². The summed E-state index contributed by atoms with van der Waals surface area (Å²) < 4.78 is 17.3. The van der Waals surface area contributed by atoms with Crippen LogP contribution in [0.15, 0.2) is 60.9 Å². The number of benzene rings is 2. The third-order valence-electron chi connectivity index (χ3n) is 4.95. The van der Waals surface area contributed by atoms with Gasteiger partial charge >= 0.3 is 6.01 Å². The molecule has 4 rings (SSSR count). The normalized spacial score (nSPS) is 16.4. The van der Waals surface area contributed by atoms with Crippen LogP contribution in [-0.4, -0.2) is 34.6 Å². The highest BCUT2D eigenvalue weighted by atomic mass is 16.5. The van der Waals surface area contributed by atoms with Crippen LogP contribution in [0.25, 0.3) is 0 Å². The van der Waals surface area contributed by atoms with Crippen LogP contribution in [0, 0.1) is 0 Å². The largest absolute Gasteiger partial charge is 0.497 e. The fourth-order valence-electron chi connectivity index (χ4n) is 3.43. The highest BCUT2D eigenvalue weighted by Gasteiger charge is 2.22. The lowest BCUT2D eigenvalue weighted by atomic mass is 10.1. The molecular formula is C23H25N3O3.